The van der Waals surface area contributed by atoms with Gasteiger partial charge in [0, 0.05) is 26.1 Å². The number of carbonyl (C=O) groups excluding carboxylic acids is 1. The molecule has 2 fully saturated rings. The summed E-state index contributed by atoms with van der Waals surface area (Å²) in [6.07, 6.45) is 8.73. The molecule has 0 aromatic carbocycles. The Morgan fingerprint density at radius 3 is 2.60 bits per heavy atom. The highest BCUT2D eigenvalue weighted by molar-refractivity contribution is 5.79. The van der Waals surface area contributed by atoms with Gasteiger partial charge in [-0.1, -0.05) is 25.7 Å². The van der Waals surface area contributed by atoms with Crippen LogP contribution in [0.2, 0.25) is 0 Å². The minimum Gasteiger partial charge on any atom is -0.395 e. The van der Waals surface area contributed by atoms with Crippen LogP contribution < -0.4 is 0 Å². The molecule has 0 aromatic heterocycles. The lowest BCUT2D eigenvalue weighted by Crippen LogP contribution is -2.43. The first kappa shape index (κ1) is 15.8. The van der Waals surface area contributed by atoms with Crippen LogP contribution in [0.4, 0.5) is 0 Å². The van der Waals surface area contributed by atoms with Crippen LogP contribution in [0.25, 0.3) is 0 Å². The predicted octanol–water partition coefficient (Wildman–Crippen LogP) is 2.06. The van der Waals surface area contributed by atoms with E-state index in [9.17, 15) is 4.79 Å². The lowest BCUT2D eigenvalue weighted by Gasteiger charge is -2.40. The quantitative estimate of drug-likeness (QED) is 0.812. The third-order valence-corrected chi connectivity index (χ3v) is 5.14. The SMILES string of the molecule is COCCN(CCO)C(=O)C1CCC2CCCCC2C1. The Kier molecular flexibility index (Phi) is 6.30. The summed E-state index contributed by atoms with van der Waals surface area (Å²) in [5, 5.41) is 9.14. The molecule has 116 valence electrons. The largest absolute Gasteiger partial charge is 0.395 e. The molecule has 3 atom stereocenters. The topological polar surface area (TPSA) is 49.8 Å². The molecule has 2 rings (SSSR count). The Morgan fingerprint density at radius 1 is 1.15 bits per heavy atom. The number of fused-ring (bicyclic) bond motifs is 1. The molecule has 1 N–H and O–H groups in total. The van der Waals surface area contributed by atoms with Gasteiger partial charge in [-0.3, -0.25) is 4.79 Å². The van der Waals surface area contributed by atoms with Gasteiger partial charge >= 0.3 is 0 Å². The van der Waals surface area contributed by atoms with Crippen molar-refractivity contribution in [1.82, 2.24) is 4.90 Å². The Bertz CT molecular complexity index is 308. The molecule has 0 saturated heterocycles. The first-order valence-corrected chi connectivity index (χ1v) is 8.14. The Hall–Kier alpha value is -0.610. The summed E-state index contributed by atoms with van der Waals surface area (Å²) in [6.45, 7) is 1.62. The maximum absolute atomic E-state index is 12.6. The first-order chi connectivity index (χ1) is 9.76. The van der Waals surface area contributed by atoms with E-state index >= 15 is 0 Å². The molecule has 1 amide bonds. The van der Waals surface area contributed by atoms with Gasteiger partial charge < -0.3 is 14.7 Å². The van der Waals surface area contributed by atoms with E-state index in [0.29, 0.717) is 19.7 Å². The van der Waals surface area contributed by atoms with Crippen molar-refractivity contribution >= 4 is 5.91 Å². The summed E-state index contributed by atoms with van der Waals surface area (Å²) in [5.74, 6) is 2.06. The smallest absolute Gasteiger partial charge is 0.225 e. The fourth-order valence-corrected chi connectivity index (χ4v) is 4.01. The Labute approximate surface area is 122 Å². The fraction of sp³-hybridized carbons (Fsp3) is 0.938. The Morgan fingerprint density at radius 2 is 1.90 bits per heavy atom. The normalized spacial score (nSPS) is 29.8. The zero-order valence-electron chi connectivity index (χ0n) is 12.7. The summed E-state index contributed by atoms with van der Waals surface area (Å²) >= 11 is 0. The van der Waals surface area contributed by atoms with E-state index in [4.69, 9.17) is 9.84 Å². The number of ether oxygens (including phenoxy) is 1. The van der Waals surface area contributed by atoms with Gasteiger partial charge in [0.1, 0.15) is 0 Å². The van der Waals surface area contributed by atoms with Crippen molar-refractivity contribution in [3.05, 3.63) is 0 Å². The molecule has 0 aromatic rings. The number of methoxy groups -OCH3 is 1. The van der Waals surface area contributed by atoms with Crippen molar-refractivity contribution in [3.63, 3.8) is 0 Å². The molecule has 2 aliphatic carbocycles. The molecule has 0 aliphatic heterocycles. The standard InChI is InChI=1S/C16H29NO3/c1-20-11-9-17(8-10-18)16(19)15-7-6-13-4-2-3-5-14(13)12-15/h13-15,18H,2-12H2,1H3. The number of amides is 1. The van der Waals surface area contributed by atoms with E-state index in [0.717, 1.165) is 24.7 Å². The van der Waals surface area contributed by atoms with Gasteiger partial charge in [0.25, 0.3) is 0 Å². The zero-order chi connectivity index (χ0) is 14.4. The van der Waals surface area contributed by atoms with Crippen LogP contribution in [0.5, 0.6) is 0 Å². The highest BCUT2D eigenvalue weighted by Gasteiger charge is 2.36. The summed E-state index contributed by atoms with van der Waals surface area (Å²) < 4.78 is 5.07. The number of carbonyl (C=O) groups is 1. The van der Waals surface area contributed by atoms with Crippen molar-refractivity contribution in [3.8, 4) is 0 Å². The highest BCUT2D eigenvalue weighted by atomic mass is 16.5. The second kappa shape index (κ2) is 7.99. The molecule has 0 heterocycles. The minimum atomic E-state index is 0.0359. The van der Waals surface area contributed by atoms with Crippen LogP contribution >= 0.6 is 0 Å². The van der Waals surface area contributed by atoms with Gasteiger partial charge in [-0.15, -0.1) is 0 Å². The number of hydrogen-bond acceptors (Lipinski definition) is 3. The van der Waals surface area contributed by atoms with E-state index in [1.807, 2.05) is 0 Å². The fourth-order valence-electron chi connectivity index (χ4n) is 4.01. The van der Waals surface area contributed by atoms with E-state index in [2.05, 4.69) is 0 Å². The van der Waals surface area contributed by atoms with Gasteiger partial charge in [-0.05, 0) is 31.1 Å². The number of hydrogen-bond donors (Lipinski definition) is 1. The molecule has 4 heteroatoms. The van der Waals surface area contributed by atoms with Crippen LogP contribution in [0.15, 0.2) is 0 Å². The van der Waals surface area contributed by atoms with Gasteiger partial charge in [0.05, 0.1) is 13.2 Å². The monoisotopic (exact) mass is 283 g/mol. The molecule has 0 radical (unpaired) electrons. The summed E-state index contributed by atoms with van der Waals surface area (Å²) in [5.41, 5.74) is 0. The second-order valence-electron chi connectivity index (χ2n) is 6.36. The lowest BCUT2D eigenvalue weighted by atomic mass is 9.67. The number of nitrogens with zero attached hydrogens (tertiary/aromatic N) is 1. The number of rotatable bonds is 6. The molecule has 0 spiro atoms. The van der Waals surface area contributed by atoms with Gasteiger partial charge in [-0.2, -0.15) is 0 Å². The van der Waals surface area contributed by atoms with Crippen molar-refractivity contribution in [1.29, 1.82) is 0 Å². The molecule has 0 bridgehead atoms. The van der Waals surface area contributed by atoms with Crippen molar-refractivity contribution in [2.75, 3.05) is 33.4 Å². The van der Waals surface area contributed by atoms with Crippen LogP contribution in [0.1, 0.15) is 44.9 Å². The molecular weight excluding hydrogens is 254 g/mol. The summed E-state index contributed by atoms with van der Waals surface area (Å²) in [4.78, 5) is 14.4. The lowest BCUT2D eigenvalue weighted by molar-refractivity contribution is -0.139. The average molecular weight is 283 g/mol. The summed E-state index contributed by atoms with van der Waals surface area (Å²) in [6, 6.07) is 0. The van der Waals surface area contributed by atoms with Gasteiger partial charge in [0.15, 0.2) is 0 Å². The molecule has 2 saturated carbocycles. The van der Waals surface area contributed by atoms with E-state index in [1.54, 1.807) is 12.0 Å². The average Bonchev–Trinajstić information content (AvgIpc) is 2.50. The molecule has 4 nitrogen and oxygen atoms in total. The molecular formula is C16H29NO3. The molecule has 3 unspecified atom stereocenters. The van der Waals surface area contributed by atoms with E-state index < -0.39 is 0 Å². The maximum atomic E-state index is 12.6. The van der Waals surface area contributed by atoms with Crippen molar-refractivity contribution in [2.24, 2.45) is 17.8 Å². The zero-order valence-corrected chi connectivity index (χ0v) is 12.7. The minimum absolute atomic E-state index is 0.0359. The van der Waals surface area contributed by atoms with Crippen molar-refractivity contribution in [2.45, 2.75) is 44.9 Å². The van der Waals surface area contributed by atoms with Crippen LogP contribution in [-0.4, -0.2) is 49.3 Å². The third kappa shape index (κ3) is 3.95. The Balaban J connectivity index is 1.89. The van der Waals surface area contributed by atoms with Crippen molar-refractivity contribution < 1.29 is 14.6 Å². The number of aliphatic hydroxyl groups excluding tert-OH is 1. The predicted molar refractivity (Wildman–Crippen MR) is 78.3 cm³/mol. The van der Waals surface area contributed by atoms with Crippen LogP contribution in [0.3, 0.4) is 0 Å². The highest BCUT2D eigenvalue weighted by Crippen LogP contribution is 2.43. The first-order valence-electron chi connectivity index (χ1n) is 8.14. The molecule has 20 heavy (non-hydrogen) atoms. The van der Waals surface area contributed by atoms with Gasteiger partial charge in [0.2, 0.25) is 5.91 Å². The van der Waals surface area contributed by atoms with E-state index in [-0.39, 0.29) is 18.4 Å². The van der Waals surface area contributed by atoms with Gasteiger partial charge in [-0.25, -0.2) is 0 Å². The second-order valence-corrected chi connectivity index (χ2v) is 6.36. The summed E-state index contributed by atoms with van der Waals surface area (Å²) in [7, 11) is 1.65. The maximum Gasteiger partial charge on any atom is 0.225 e. The number of aliphatic hydroxyl groups is 1. The van der Waals surface area contributed by atoms with Crippen LogP contribution in [-0.2, 0) is 9.53 Å². The van der Waals surface area contributed by atoms with Crippen LogP contribution in [0, 0.1) is 17.8 Å². The van der Waals surface area contributed by atoms with E-state index in [1.165, 1.54) is 32.1 Å². The molecule has 2 aliphatic rings. The third-order valence-electron chi connectivity index (χ3n) is 5.14.